The smallest absolute Gasteiger partial charge is 0.148 e. The molecule has 7 heteroatoms. The van der Waals surface area contributed by atoms with E-state index in [1.807, 2.05) is 24.7 Å². The Bertz CT molecular complexity index is 833. The van der Waals surface area contributed by atoms with Gasteiger partial charge in [0.15, 0.2) is 0 Å². The summed E-state index contributed by atoms with van der Waals surface area (Å²) in [4.78, 5) is 18.5. The summed E-state index contributed by atoms with van der Waals surface area (Å²) in [5.41, 5.74) is 1.31. The molecule has 1 aliphatic rings. The average Bonchev–Trinajstić information content (AvgIpc) is 3.28. The molecule has 0 radical (unpaired) electrons. The molecular formula is C20H23N5S2. The number of anilines is 1. The maximum absolute atomic E-state index is 4.83. The van der Waals surface area contributed by atoms with Gasteiger partial charge in [-0.2, -0.15) is 0 Å². The Hall–Kier alpha value is -1.96. The largest absolute Gasteiger partial charge is 0.353 e. The number of aromatic nitrogens is 3. The first-order valence-corrected chi connectivity index (χ1v) is 11.0. The van der Waals surface area contributed by atoms with E-state index in [9.17, 15) is 0 Å². The summed E-state index contributed by atoms with van der Waals surface area (Å²) >= 11 is 3.47. The second-order valence-corrected chi connectivity index (χ2v) is 8.48. The van der Waals surface area contributed by atoms with E-state index in [0.717, 1.165) is 42.8 Å². The van der Waals surface area contributed by atoms with Crippen LogP contribution < -0.4 is 4.90 Å². The molecule has 5 nitrogen and oxygen atoms in total. The minimum atomic E-state index is 0.381. The van der Waals surface area contributed by atoms with Gasteiger partial charge >= 0.3 is 0 Å². The SMILES string of the molecule is CC(c1nccs1)N1CCN(c2cncc(SCc3ccccc3)n2)CC1. The van der Waals surface area contributed by atoms with E-state index in [-0.39, 0.29) is 0 Å². The molecule has 0 spiro atoms. The van der Waals surface area contributed by atoms with Crippen LogP contribution in [0, 0.1) is 0 Å². The van der Waals surface area contributed by atoms with Gasteiger partial charge in [0.1, 0.15) is 15.9 Å². The van der Waals surface area contributed by atoms with Crippen LogP contribution in [0.4, 0.5) is 5.82 Å². The Morgan fingerprint density at radius 2 is 1.93 bits per heavy atom. The number of thioether (sulfide) groups is 1. The first kappa shape index (κ1) is 18.4. The average molecular weight is 398 g/mol. The van der Waals surface area contributed by atoms with Gasteiger partial charge in [0, 0.05) is 43.5 Å². The molecule has 1 saturated heterocycles. The third-order valence-corrected chi connectivity index (χ3v) is 6.74. The van der Waals surface area contributed by atoms with Crippen molar-refractivity contribution >= 4 is 28.9 Å². The summed E-state index contributed by atoms with van der Waals surface area (Å²) in [5, 5.41) is 4.23. The van der Waals surface area contributed by atoms with E-state index in [1.165, 1.54) is 10.6 Å². The van der Waals surface area contributed by atoms with E-state index in [0.29, 0.717) is 6.04 Å². The maximum atomic E-state index is 4.83. The van der Waals surface area contributed by atoms with Crippen LogP contribution >= 0.6 is 23.1 Å². The third kappa shape index (κ3) is 4.66. The molecule has 1 aliphatic heterocycles. The zero-order valence-electron chi connectivity index (χ0n) is 15.4. The lowest BCUT2D eigenvalue weighted by atomic mass is 10.2. The highest BCUT2D eigenvalue weighted by molar-refractivity contribution is 7.98. The van der Waals surface area contributed by atoms with Crippen LogP contribution in [-0.2, 0) is 5.75 Å². The molecule has 140 valence electrons. The van der Waals surface area contributed by atoms with Crippen molar-refractivity contribution in [1.82, 2.24) is 19.9 Å². The fraction of sp³-hybridized carbons (Fsp3) is 0.350. The van der Waals surface area contributed by atoms with Gasteiger partial charge in [-0.05, 0) is 12.5 Å². The molecule has 0 bridgehead atoms. The van der Waals surface area contributed by atoms with Crippen molar-refractivity contribution in [2.24, 2.45) is 0 Å². The van der Waals surface area contributed by atoms with Crippen molar-refractivity contribution in [3.8, 4) is 0 Å². The van der Waals surface area contributed by atoms with Crippen LogP contribution in [0.15, 0.2) is 59.3 Å². The molecule has 0 amide bonds. The normalized spacial score (nSPS) is 16.4. The topological polar surface area (TPSA) is 45.2 Å². The quantitative estimate of drug-likeness (QED) is 0.583. The number of hydrogen-bond donors (Lipinski definition) is 0. The molecule has 1 unspecified atom stereocenters. The molecule has 3 aromatic rings. The summed E-state index contributed by atoms with van der Waals surface area (Å²) in [6.07, 6.45) is 5.63. The number of rotatable bonds is 6. The maximum Gasteiger partial charge on any atom is 0.148 e. The van der Waals surface area contributed by atoms with Gasteiger partial charge in [0.25, 0.3) is 0 Å². The molecule has 27 heavy (non-hydrogen) atoms. The molecule has 0 aliphatic carbocycles. The van der Waals surface area contributed by atoms with Crippen molar-refractivity contribution in [2.45, 2.75) is 23.7 Å². The Morgan fingerprint density at radius 3 is 2.67 bits per heavy atom. The molecule has 0 N–H and O–H groups in total. The second-order valence-electron chi connectivity index (χ2n) is 6.56. The Balaban J connectivity index is 1.34. The summed E-state index contributed by atoms with van der Waals surface area (Å²) < 4.78 is 0. The summed E-state index contributed by atoms with van der Waals surface area (Å²) in [6, 6.07) is 10.9. The second kappa shape index (κ2) is 8.82. The summed E-state index contributed by atoms with van der Waals surface area (Å²) in [6.45, 7) is 6.22. The molecule has 2 aromatic heterocycles. The number of hydrogen-bond acceptors (Lipinski definition) is 7. The minimum absolute atomic E-state index is 0.381. The van der Waals surface area contributed by atoms with E-state index < -0.39 is 0 Å². The van der Waals surface area contributed by atoms with Gasteiger partial charge in [-0.25, -0.2) is 9.97 Å². The number of nitrogens with zero attached hydrogens (tertiary/aromatic N) is 5. The van der Waals surface area contributed by atoms with Crippen molar-refractivity contribution in [2.75, 3.05) is 31.1 Å². The third-order valence-electron chi connectivity index (χ3n) is 4.82. The molecule has 1 atom stereocenters. The Kier molecular flexibility index (Phi) is 6.01. The van der Waals surface area contributed by atoms with Crippen molar-refractivity contribution in [3.05, 3.63) is 64.9 Å². The van der Waals surface area contributed by atoms with Gasteiger partial charge in [0.05, 0.1) is 18.4 Å². The van der Waals surface area contributed by atoms with Gasteiger partial charge in [-0.15, -0.1) is 23.1 Å². The molecule has 3 heterocycles. The van der Waals surface area contributed by atoms with Crippen LogP contribution in [0.5, 0.6) is 0 Å². The lowest BCUT2D eigenvalue weighted by Gasteiger charge is -2.37. The predicted octanol–water partition coefficient (Wildman–Crippen LogP) is 4.11. The zero-order valence-corrected chi connectivity index (χ0v) is 17.0. The van der Waals surface area contributed by atoms with Crippen molar-refractivity contribution in [1.29, 1.82) is 0 Å². The van der Waals surface area contributed by atoms with Crippen LogP contribution in [-0.4, -0.2) is 46.0 Å². The van der Waals surface area contributed by atoms with E-state index in [4.69, 9.17) is 4.98 Å². The molecule has 1 fully saturated rings. The van der Waals surface area contributed by atoms with Gasteiger partial charge < -0.3 is 4.90 Å². The fourth-order valence-electron chi connectivity index (χ4n) is 3.23. The van der Waals surface area contributed by atoms with Gasteiger partial charge in [-0.3, -0.25) is 9.88 Å². The molecule has 0 saturated carbocycles. The number of piperazine rings is 1. The fourth-order valence-corrected chi connectivity index (χ4v) is 4.76. The summed E-state index contributed by atoms with van der Waals surface area (Å²) in [7, 11) is 0. The minimum Gasteiger partial charge on any atom is -0.353 e. The van der Waals surface area contributed by atoms with Crippen molar-refractivity contribution < 1.29 is 0 Å². The van der Waals surface area contributed by atoms with E-state index >= 15 is 0 Å². The highest BCUT2D eigenvalue weighted by Gasteiger charge is 2.24. The number of thiazole rings is 1. The molecule has 4 rings (SSSR count). The van der Waals surface area contributed by atoms with E-state index in [2.05, 4.69) is 56.3 Å². The number of benzene rings is 1. The van der Waals surface area contributed by atoms with Gasteiger partial charge in [0.2, 0.25) is 0 Å². The van der Waals surface area contributed by atoms with Crippen LogP contribution in [0.3, 0.4) is 0 Å². The monoisotopic (exact) mass is 397 g/mol. The highest BCUT2D eigenvalue weighted by Crippen LogP contribution is 2.26. The Morgan fingerprint density at radius 1 is 1.11 bits per heavy atom. The highest BCUT2D eigenvalue weighted by atomic mass is 32.2. The van der Waals surface area contributed by atoms with Crippen LogP contribution in [0.2, 0.25) is 0 Å². The lowest BCUT2D eigenvalue weighted by molar-refractivity contribution is 0.198. The van der Waals surface area contributed by atoms with Crippen LogP contribution in [0.25, 0.3) is 0 Å². The first-order chi connectivity index (χ1) is 13.3. The predicted molar refractivity (Wildman–Crippen MR) is 112 cm³/mol. The molecular weight excluding hydrogens is 374 g/mol. The van der Waals surface area contributed by atoms with E-state index in [1.54, 1.807) is 23.1 Å². The van der Waals surface area contributed by atoms with Crippen LogP contribution in [0.1, 0.15) is 23.5 Å². The zero-order chi connectivity index (χ0) is 18.5. The Labute approximate surface area is 168 Å². The van der Waals surface area contributed by atoms with Crippen molar-refractivity contribution in [3.63, 3.8) is 0 Å². The van der Waals surface area contributed by atoms with Gasteiger partial charge in [-0.1, -0.05) is 30.3 Å². The standard InChI is InChI=1S/C20H23N5S2/c1-16(20-22-7-12-26-20)24-8-10-25(11-9-24)18-13-21-14-19(23-18)27-15-17-5-3-2-4-6-17/h2-7,12-14,16H,8-11,15H2,1H3. The lowest BCUT2D eigenvalue weighted by Crippen LogP contribution is -2.47. The first-order valence-electron chi connectivity index (χ1n) is 9.17. The summed E-state index contributed by atoms with van der Waals surface area (Å²) in [5.74, 6) is 1.90. The molecule has 1 aromatic carbocycles.